The van der Waals surface area contributed by atoms with Crippen molar-refractivity contribution in [1.29, 1.82) is 0 Å². The predicted molar refractivity (Wildman–Crippen MR) is 61.9 cm³/mol. The molecule has 0 amide bonds. The van der Waals surface area contributed by atoms with Gasteiger partial charge >= 0.3 is 0 Å². The fraction of sp³-hybridized carbons (Fsp3) is 1.00. The van der Waals surface area contributed by atoms with Gasteiger partial charge in [-0.25, -0.2) is 0 Å². The molecule has 0 saturated heterocycles. The second-order valence-electron chi connectivity index (χ2n) is 5.45. The Labute approximate surface area is 85.1 Å². The third-order valence-corrected chi connectivity index (χ3v) is 2.26. The van der Waals surface area contributed by atoms with E-state index >= 15 is 0 Å². The van der Waals surface area contributed by atoms with E-state index in [1.54, 1.807) is 0 Å². The fourth-order valence-electron chi connectivity index (χ4n) is 0.779. The molecule has 0 heteroatoms. The lowest BCUT2D eigenvalue weighted by Crippen LogP contribution is -2.04. The van der Waals surface area contributed by atoms with E-state index in [2.05, 4.69) is 34.6 Å². The van der Waals surface area contributed by atoms with Crippen molar-refractivity contribution in [2.24, 2.45) is 17.8 Å². The van der Waals surface area contributed by atoms with Crippen molar-refractivity contribution in [2.75, 3.05) is 0 Å². The highest BCUT2D eigenvalue weighted by Crippen LogP contribution is 2.26. The largest absolute Gasteiger partial charge is 0.0630 e. The summed E-state index contributed by atoms with van der Waals surface area (Å²) in [6.45, 7) is 11.1. The molecule has 0 nitrogen and oxygen atoms in total. The van der Waals surface area contributed by atoms with Gasteiger partial charge in [0.25, 0.3) is 0 Å². The zero-order chi connectivity index (χ0) is 10.3. The maximum atomic E-state index is 2.31. The summed E-state index contributed by atoms with van der Waals surface area (Å²) in [5, 5.41) is 0. The summed E-state index contributed by atoms with van der Waals surface area (Å²) in [7, 11) is 0. The van der Waals surface area contributed by atoms with E-state index in [0.29, 0.717) is 0 Å². The molecule has 0 N–H and O–H groups in total. The lowest BCUT2D eigenvalue weighted by Gasteiger charge is -2.18. The molecule has 0 aromatic heterocycles. The Morgan fingerprint density at radius 3 is 1.00 bits per heavy atom. The third-order valence-electron chi connectivity index (χ3n) is 2.26. The predicted octanol–water partition coefficient (Wildman–Crippen LogP) is 4.89. The minimum atomic E-state index is 0.833. The van der Waals surface area contributed by atoms with Crippen LogP contribution in [-0.4, -0.2) is 0 Å². The Bertz CT molecular complexity index is 93.9. The molecule has 0 spiro atoms. The van der Waals surface area contributed by atoms with Gasteiger partial charge in [0.1, 0.15) is 0 Å². The molecule has 0 aliphatic heterocycles. The molecule has 0 heterocycles. The van der Waals surface area contributed by atoms with Crippen LogP contribution in [-0.2, 0) is 0 Å². The summed E-state index contributed by atoms with van der Waals surface area (Å²) in [5.74, 6) is 2.98. The number of hydrogen-bond acceptors (Lipinski definition) is 0. The van der Waals surface area contributed by atoms with Gasteiger partial charge in [-0.3, -0.25) is 0 Å². The Hall–Kier alpha value is 0. The van der Waals surface area contributed by atoms with E-state index < -0.39 is 0 Å². The molecule has 2 aliphatic rings. The van der Waals surface area contributed by atoms with Gasteiger partial charge in [-0.2, -0.15) is 0 Å². The van der Waals surface area contributed by atoms with Gasteiger partial charge in [-0.05, 0) is 17.8 Å². The minimum absolute atomic E-state index is 0.833. The molecule has 0 bridgehead atoms. The topological polar surface area (TPSA) is 0 Å². The molecule has 0 radical (unpaired) electrons. The van der Waals surface area contributed by atoms with Crippen LogP contribution in [0.5, 0.6) is 0 Å². The average molecular weight is 184 g/mol. The molecular weight excluding hydrogens is 156 g/mol. The van der Waals surface area contributed by atoms with E-state index in [-0.39, 0.29) is 0 Å². The van der Waals surface area contributed by atoms with E-state index in [4.69, 9.17) is 0 Å². The number of hydrogen-bond donors (Lipinski definition) is 0. The highest BCUT2D eigenvalue weighted by atomic mass is 14.2. The van der Waals surface area contributed by atoms with Gasteiger partial charge in [0, 0.05) is 0 Å². The SMILES string of the molecule is CC(C)C.CC1CC1.CC1CCC1. The maximum absolute atomic E-state index is 2.31. The summed E-state index contributed by atoms with van der Waals surface area (Å²) >= 11 is 0. The molecule has 80 valence electrons. The van der Waals surface area contributed by atoms with Crippen LogP contribution < -0.4 is 0 Å². The molecule has 0 aromatic rings. The molecule has 13 heavy (non-hydrogen) atoms. The molecule has 0 aromatic carbocycles. The molecule has 2 saturated carbocycles. The highest BCUT2D eigenvalue weighted by molar-refractivity contribution is 4.65. The van der Waals surface area contributed by atoms with Crippen LogP contribution in [0.2, 0.25) is 0 Å². The van der Waals surface area contributed by atoms with Crippen LogP contribution >= 0.6 is 0 Å². The Morgan fingerprint density at radius 2 is 1.00 bits per heavy atom. The van der Waals surface area contributed by atoms with E-state index in [0.717, 1.165) is 17.8 Å². The van der Waals surface area contributed by atoms with Gasteiger partial charge < -0.3 is 0 Å². The highest BCUT2D eigenvalue weighted by Gasteiger charge is 2.12. The maximum Gasteiger partial charge on any atom is -0.0443 e. The Morgan fingerprint density at radius 1 is 0.769 bits per heavy atom. The van der Waals surface area contributed by atoms with E-state index in [1.165, 1.54) is 32.1 Å². The van der Waals surface area contributed by atoms with Gasteiger partial charge in [-0.1, -0.05) is 66.7 Å². The van der Waals surface area contributed by atoms with Crippen molar-refractivity contribution in [3.63, 3.8) is 0 Å². The third kappa shape index (κ3) is 14.8. The lowest BCUT2D eigenvalue weighted by atomic mass is 9.88. The summed E-state index contributed by atoms with van der Waals surface area (Å²) in [4.78, 5) is 0. The quantitative estimate of drug-likeness (QED) is 0.503. The van der Waals surface area contributed by atoms with Crippen molar-refractivity contribution in [3.05, 3.63) is 0 Å². The molecular formula is C13H28. The van der Waals surface area contributed by atoms with Crippen LogP contribution in [0.15, 0.2) is 0 Å². The summed E-state index contributed by atoms with van der Waals surface area (Å²) in [6.07, 6.45) is 7.43. The summed E-state index contributed by atoms with van der Waals surface area (Å²) in [6, 6.07) is 0. The second-order valence-corrected chi connectivity index (χ2v) is 5.45. The standard InChI is InChI=1S/C5H10.C4H8.C4H10/c1-5-3-2-4-5;1-4-2-3-4;1-4(2)3/h5H,2-4H2,1H3;4H,2-3H2,1H3;4H,1-3H3. The van der Waals surface area contributed by atoms with E-state index in [9.17, 15) is 0 Å². The molecule has 2 fully saturated rings. The first-order valence-electron chi connectivity index (χ1n) is 6.02. The summed E-state index contributed by atoms with van der Waals surface area (Å²) in [5.41, 5.74) is 0. The van der Waals surface area contributed by atoms with Gasteiger partial charge in [0.2, 0.25) is 0 Å². The Balaban J connectivity index is 0.000000168. The van der Waals surface area contributed by atoms with Gasteiger partial charge in [0.05, 0.1) is 0 Å². The van der Waals surface area contributed by atoms with Gasteiger partial charge in [0.15, 0.2) is 0 Å². The number of rotatable bonds is 0. The van der Waals surface area contributed by atoms with Crippen molar-refractivity contribution in [2.45, 2.75) is 66.7 Å². The smallest absolute Gasteiger partial charge is 0.0443 e. The Kier molecular flexibility index (Phi) is 7.41. The average Bonchev–Trinajstić information content (AvgIpc) is 2.67. The van der Waals surface area contributed by atoms with Crippen LogP contribution in [0.4, 0.5) is 0 Å². The minimum Gasteiger partial charge on any atom is -0.0630 e. The molecule has 2 aliphatic carbocycles. The first kappa shape index (κ1) is 13.0. The van der Waals surface area contributed by atoms with Crippen LogP contribution in [0.3, 0.4) is 0 Å². The van der Waals surface area contributed by atoms with E-state index in [1.807, 2.05) is 0 Å². The first-order valence-corrected chi connectivity index (χ1v) is 6.02. The van der Waals surface area contributed by atoms with Crippen molar-refractivity contribution >= 4 is 0 Å². The van der Waals surface area contributed by atoms with Gasteiger partial charge in [-0.15, -0.1) is 0 Å². The lowest BCUT2D eigenvalue weighted by molar-refractivity contribution is 0.346. The molecule has 2 rings (SSSR count). The first-order chi connectivity index (χ1) is 6.02. The molecule has 0 atom stereocenters. The van der Waals surface area contributed by atoms with Crippen LogP contribution in [0.1, 0.15) is 66.7 Å². The summed E-state index contributed by atoms with van der Waals surface area (Å²) < 4.78 is 0. The normalized spacial score (nSPS) is 20.8. The van der Waals surface area contributed by atoms with Crippen LogP contribution in [0, 0.1) is 17.8 Å². The zero-order valence-corrected chi connectivity index (χ0v) is 10.3. The van der Waals surface area contributed by atoms with Crippen molar-refractivity contribution < 1.29 is 0 Å². The fourth-order valence-corrected chi connectivity index (χ4v) is 0.779. The monoisotopic (exact) mass is 184 g/mol. The molecule has 0 unspecified atom stereocenters. The van der Waals surface area contributed by atoms with Crippen molar-refractivity contribution in [3.8, 4) is 0 Å². The van der Waals surface area contributed by atoms with Crippen molar-refractivity contribution in [1.82, 2.24) is 0 Å². The second kappa shape index (κ2) is 7.41. The zero-order valence-electron chi connectivity index (χ0n) is 10.3. The van der Waals surface area contributed by atoms with Crippen LogP contribution in [0.25, 0.3) is 0 Å².